The second-order valence-corrected chi connectivity index (χ2v) is 4.87. The minimum absolute atomic E-state index is 0.200. The lowest BCUT2D eigenvalue weighted by Gasteiger charge is -2.35. The van der Waals surface area contributed by atoms with Crippen molar-refractivity contribution in [2.45, 2.75) is 6.10 Å². The van der Waals surface area contributed by atoms with E-state index in [1.165, 1.54) is 0 Å². The van der Waals surface area contributed by atoms with Crippen molar-refractivity contribution in [3.8, 4) is 5.75 Å². The van der Waals surface area contributed by atoms with E-state index in [2.05, 4.69) is 9.88 Å². The number of aromatic nitrogens is 1. The normalized spacial score (nSPS) is 16.5. The molecule has 5 heteroatoms. The van der Waals surface area contributed by atoms with Gasteiger partial charge in [-0.3, -0.25) is 0 Å². The van der Waals surface area contributed by atoms with Gasteiger partial charge in [0, 0.05) is 13.1 Å². The number of anilines is 1. The van der Waals surface area contributed by atoms with E-state index in [0.717, 1.165) is 21.1 Å². The molecule has 0 unspecified atom stereocenters. The monoisotopic (exact) mass is 236 g/mol. The Morgan fingerprint density at radius 1 is 1.50 bits per heavy atom. The predicted molar refractivity (Wildman–Crippen MR) is 64.4 cm³/mol. The first-order chi connectivity index (χ1) is 7.78. The van der Waals surface area contributed by atoms with Gasteiger partial charge in [-0.1, -0.05) is 17.4 Å². The number of hydrogen-bond donors (Lipinski definition) is 1. The molecule has 1 saturated heterocycles. The zero-order chi connectivity index (χ0) is 11.1. The van der Waals surface area contributed by atoms with Crippen LogP contribution >= 0.6 is 11.3 Å². The average molecular weight is 236 g/mol. The summed E-state index contributed by atoms with van der Waals surface area (Å²) in [4.78, 5) is 6.63. The summed E-state index contributed by atoms with van der Waals surface area (Å²) in [5.41, 5.74) is 0.909. The van der Waals surface area contributed by atoms with Gasteiger partial charge in [-0.2, -0.15) is 0 Å². The molecule has 2 aromatic rings. The number of thiazole rings is 1. The molecule has 0 aliphatic carbocycles. The van der Waals surface area contributed by atoms with Crippen LogP contribution in [-0.2, 0) is 0 Å². The van der Waals surface area contributed by atoms with Crippen LogP contribution in [0.25, 0.3) is 10.2 Å². The summed E-state index contributed by atoms with van der Waals surface area (Å²) in [6.45, 7) is 1.37. The maximum atomic E-state index is 9.27. The van der Waals surface area contributed by atoms with Crippen LogP contribution in [0.1, 0.15) is 0 Å². The van der Waals surface area contributed by atoms with Gasteiger partial charge < -0.3 is 14.7 Å². The number of fused-ring (bicyclic) bond motifs is 1. The molecule has 3 rings (SSSR count). The highest BCUT2D eigenvalue weighted by Crippen LogP contribution is 2.35. The average Bonchev–Trinajstić information content (AvgIpc) is 2.67. The molecular formula is C11H12N2O2S. The van der Waals surface area contributed by atoms with Crippen molar-refractivity contribution < 1.29 is 9.84 Å². The summed E-state index contributed by atoms with van der Waals surface area (Å²) in [5, 5.41) is 10.2. The summed E-state index contributed by atoms with van der Waals surface area (Å²) in [6.07, 6.45) is -0.200. The molecule has 16 heavy (non-hydrogen) atoms. The molecule has 1 N–H and O–H groups in total. The number of ether oxygens (including phenoxy) is 1. The van der Waals surface area contributed by atoms with Crippen LogP contribution < -0.4 is 9.64 Å². The molecule has 1 aromatic heterocycles. The fourth-order valence-corrected chi connectivity index (χ4v) is 2.82. The summed E-state index contributed by atoms with van der Waals surface area (Å²) in [7, 11) is 1.65. The van der Waals surface area contributed by atoms with Crippen molar-refractivity contribution in [1.29, 1.82) is 0 Å². The Kier molecular flexibility index (Phi) is 2.22. The van der Waals surface area contributed by atoms with Crippen molar-refractivity contribution in [3.63, 3.8) is 0 Å². The number of nitrogens with zero attached hydrogens (tertiary/aromatic N) is 2. The number of aliphatic hydroxyl groups excluding tert-OH is 1. The Bertz CT molecular complexity index is 520. The van der Waals surface area contributed by atoms with Gasteiger partial charge in [0.1, 0.15) is 11.3 Å². The lowest BCUT2D eigenvalue weighted by molar-refractivity contribution is 0.142. The Labute approximate surface area is 97.1 Å². The van der Waals surface area contributed by atoms with Crippen molar-refractivity contribution in [3.05, 3.63) is 18.2 Å². The second-order valence-electron chi connectivity index (χ2n) is 3.86. The Morgan fingerprint density at radius 2 is 2.31 bits per heavy atom. The van der Waals surface area contributed by atoms with Gasteiger partial charge in [0.2, 0.25) is 0 Å². The summed E-state index contributed by atoms with van der Waals surface area (Å²) >= 11 is 1.64. The van der Waals surface area contributed by atoms with E-state index in [1.54, 1.807) is 18.4 Å². The molecule has 0 radical (unpaired) electrons. The molecule has 1 aliphatic heterocycles. The van der Waals surface area contributed by atoms with E-state index in [9.17, 15) is 5.11 Å². The smallest absolute Gasteiger partial charge is 0.186 e. The van der Waals surface area contributed by atoms with Gasteiger partial charge >= 0.3 is 0 Å². The molecule has 0 saturated carbocycles. The second kappa shape index (κ2) is 3.61. The lowest BCUT2D eigenvalue weighted by Crippen LogP contribution is -2.50. The third kappa shape index (κ3) is 1.44. The van der Waals surface area contributed by atoms with Crippen LogP contribution in [0.5, 0.6) is 5.75 Å². The molecule has 1 aliphatic rings. The van der Waals surface area contributed by atoms with E-state index in [4.69, 9.17) is 4.74 Å². The van der Waals surface area contributed by atoms with Crippen molar-refractivity contribution in [2.24, 2.45) is 0 Å². The largest absolute Gasteiger partial charge is 0.494 e. The molecule has 2 heterocycles. The highest BCUT2D eigenvalue weighted by atomic mass is 32.1. The minimum Gasteiger partial charge on any atom is -0.494 e. The van der Waals surface area contributed by atoms with Crippen molar-refractivity contribution >= 4 is 26.7 Å². The van der Waals surface area contributed by atoms with E-state index >= 15 is 0 Å². The van der Waals surface area contributed by atoms with Crippen LogP contribution in [-0.4, -0.2) is 36.4 Å². The molecule has 0 spiro atoms. The van der Waals surface area contributed by atoms with Crippen molar-refractivity contribution in [1.82, 2.24) is 4.98 Å². The van der Waals surface area contributed by atoms with Crippen LogP contribution in [0.15, 0.2) is 18.2 Å². The number of benzene rings is 1. The van der Waals surface area contributed by atoms with Gasteiger partial charge in [-0.25, -0.2) is 4.98 Å². The highest BCUT2D eigenvalue weighted by Gasteiger charge is 2.27. The SMILES string of the molecule is COc1cccc2sc(N3CC(O)C3)nc12. The molecular weight excluding hydrogens is 224 g/mol. The first-order valence-electron chi connectivity index (χ1n) is 5.14. The molecule has 0 bridgehead atoms. The topological polar surface area (TPSA) is 45.6 Å². The maximum Gasteiger partial charge on any atom is 0.186 e. The van der Waals surface area contributed by atoms with Crippen LogP contribution in [0, 0.1) is 0 Å². The molecule has 0 atom stereocenters. The Balaban J connectivity index is 2.02. The molecule has 1 fully saturated rings. The highest BCUT2D eigenvalue weighted by molar-refractivity contribution is 7.22. The molecule has 84 valence electrons. The number of para-hydroxylation sites is 1. The lowest BCUT2D eigenvalue weighted by atomic mass is 10.2. The number of methoxy groups -OCH3 is 1. The van der Waals surface area contributed by atoms with Gasteiger partial charge in [-0.05, 0) is 12.1 Å². The summed E-state index contributed by atoms with van der Waals surface area (Å²) < 4.78 is 6.39. The molecule has 0 amide bonds. The molecule has 4 nitrogen and oxygen atoms in total. The third-order valence-electron chi connectivity index (χ3n) is 2.72. The summed E-state index contributed by atoms with van der Waals surface area (Å²) in [5.74, 6) is 0.807. The minimum atomic E-state index is -0.200. The number of hydrogen-bond acceptors (Lipinski definition) is 5. The van der Waals surface area contributed by atoms with Crippen molar-refractivity contribution in [2.75, 3.05) is 25.1 Å². The van der Waals surface area contributed by atoms with Gasteiger partial charge in [0.25, 0.3) is 0 Å². The van der Waals surface area contributed by atoms with Crippen LogP contribution in [0.2, 0.25) is 0 Å². The number of aliphatic hydroxyl groups is 1. The zero-order valence-electron chi connectivity index (χ0n) is 8.88. The Morgan fingerprint density at radius 3 is 3.00 bits per heavy atom. The van der Waals surface area contributed by atoms with E-state index < -0.39 is 0 Å². The first-order valence-corrected chi connectivity index (χ1v) is 5.96. The summed E-state index contributed by atoms with van der Waals surface area (Å²) in [6, 6.07) is 5.92. The van der Waals surface area contributed by atoms with E-state index in [-0.39, 0.29) is 6.10 Å². The van der Waals surface area contributed by atoms with Crippen LogP contribution in [0.4, 0.5) is 5.13 Å². The number of β-amino-alcohol motifs (C(OH)–C–C–N with tert-alkyl or cyclic N) is 1. The zero-order valence-corrected chi connectivity index (χ0v) is 9.70. The van der Waals surface area contributed by atoms with Crippen LogP contribution in [0.3, 0.4) is 0 Å². The Hall–Kier alpha value is -1.33. The van der Waals surface area contributed by atoms with Gasteiger partial charge in [-0.15, -0.1) is 0 Å². The fraction of sp³-hybridized carbons (Fsp3) is 0.364. The van der Waals surface area contributed by atoms with E-state index in [0.29, 0.717) is 13.1 Å². The van der Waals surface area contributed by atoms with E-state index in [1.807, 2.05) is 18.2 Å². The quantitative estimate of drug-likeness (QED) is 0.858. The molecule has 1 aromatic carbocycles. The third-order valence-corrected chi connectivity index (χ3v) is 3.80. The first kappa shape index (κ1) is 9.86. The van der Waals surface area contributed by atoms with Gasteiger partial charge in [0.05, 0.1) is 17.9 Å². The van der Waals surface area contributed by atoms with Gasteiger partial charge in [0.15, 0.2) is 5.13 Å². The predicted octanol–water partition coefficient (Wildman–Crippen LogP) is 1.49. The maximum absolute atomic E-state index is 9.27. The fourth-order valence-electron chi connectivity index (χ4n) is 1.82. The number of rotatable bonds is 2. The standard InChI is InChI=1S/C11H12N2O2S/c1-15-8-3-2-4-9-10(8)12-11(16-9)13-5-7(14)6-13/h2-4,7,14H,5-6H2,1H3.